The van der Waals surface area contributed by atoms with Gasteiger partial charge >= 0.3 is 0 Å². The van der Waals surface area contributed by atoms with Gasteiger partial charge in [0.2, 0.25) is 0 Å². The Morgan fingerprint density at radius 3 is 2.29 bits per heavy atom. The molecule has 1 aliphatic heterocycles. The molecule has 1 unspecified atom stereocenters. The third-order valence-corrected chi connectivity index (χ3v) is 3.83. The standard InChI is InChI=1S/C19H13O2/c20-19-15-9-4-5-11-16(15)21-17-12-6-10-14(18(17)19)13-7-2-1-3-8-13/h1-12,19H. The first-order valence-corrected chi connectivity index (χ1v) is 6.95. The van der Waals surface area contributed by atoms with Gasteiger partial charge in [-0.25, -0.2) is 5.11 Å². The lowest BCUT2D eigenvalue weighted by Crippen LogP contribution is -2.09. The van der Waals surface area contributed by atoms with Crippen molar-refractivity contribution < 1.29 is 9.84 Å². The van der Waals surface area contributed by atoms with Crippen LogP contribution in [0.25, 0.3) is 11.1 Å². The lowest BCUT2D eigenvalue weighted by molar-refractivity contribution is 0.115. The SMILES string of the molecule is [O]C1c2ccccc2Oc2cccc(-c3ccccc3)c21. The van der Waals surface area contributed by atoms with Gasteiger partial charge in [-0.15, -0.1) is 0 Å². The lowest BCUT2D eigenvalue weighted by atomic mass is 9.90. The van der Waals surface area contributed by atoms with Crippen LogP contribution < -0.4 is 4.74 Å². The molecule has 0 aliphatic carbocycles. The number of fused-ring (bicyclic) bond motifs is 2. The Kier molecular flexibility index (Phi) is 2.76. The third-order valence-electron chi connectivity index (χ3n) is 3.83. The van der Waals surface area contributed by atoms with Crippen LogP contribution in [0.3, 0.4) is 0 Å². The summed E-state index contributed by atoms with van der Waals surface area (Å²) >= 11 is 0. The number of hydrogen-bond acceptors (Lipinski definition) is 1. The molecule has 1 aliphatic rings. The van der Waals surface area contributed by atoms with E-state index in [1.54, 1.807) is 0 Å². The first-order valence-electron chi connectivity index (χ1n) is 6.95. The molecule has 0 spiro atoms. The molecular formula is C19H13O2. The fraction of sp³-hybridized carbons (Fsp3) is 0.0526. The summed E-state index contributed by atoms with van der Waals surface area (Å²) < 4.78 is 5.91. The van der Waals surface area contributed by atoms with Gasteiger partial charge in [0.1, 0.15) is 11.5 Å². The van der Waals surface area contributed by atoms with Crippen molar-refractivity contribution >= 4 is 0 Å². The van der Waals surface area contributed by atoms with Crippen LogP contribution in [0.2, 0.25) is 0 Å². The summed E-state index contributed by atoms with van der Waals surface area (Å²) in [5.74, 6) is 1.32. The van der Waals surface area contributed by atoms with Crippen molar-refractivity contribution in [2.45, 2.75) is 6.10 Å². The van der Waals surface area contributed by atoms with E-state index in [0.717, 1.165) is 16.7 Å². The zero-order valence-corrected chi connectivity index (χ0v) is 11.3. The number of hydrogen-bond donors (Lipinski definition) is 0. The summed E-state index contributed by atoms with van der Waals surface area (Å²) in [4.78, 5) is 0. The molecule has 0 saturated carbocycles. The minimum atomic E-state index is -0.915. The van der Waals surface area contributed by atoms with Gasteiger partial charge in [-0.05, 0) is 23.3 Å². The van der Waals surface area contributed by atoms with E-state index in [1.165, 1.54) is 0 Å². The van der Waals surface area contributed by atoms with Gasteiger partial charge in [-0.3, -0.25) is 0 Å². The Morgan fingerprint density at radius 2 is 1.43 bits per heavy atom. The van der Waals surface area contributed by atoms with Crippen molar-refractivity contribution in [3.63, 3.8) is 0 Å². The number of rotatable bonds is 1. The fourth-order valence-electron chi connectivity index (χ4n) is 2.84. The van der Waals surface area contributed by atoms with E-state index < -0.39 is 6.10 Å². The maximum atomic E-state index is 12.9. The first-order chi connectivity index (χ1) is 10.3. The maximum absolute atomic E-state index is 12.9. The minimum Gasteiger partial charge on any atom is -0.457 e. The van der Waals surface area contributed by atoms with E-state index in [2.05, 4.69) is 0 Å². The van der Waals surface area contributed by atoms with E-state index in [0.29, 0.717) is 17.1 Å². The summed E-state index contributed by atoms with van der Waals surface area (Å²) in [6.45, 7) is 0. The second-order valence-corrected chi connectivity index (χ2v) is 5.10. The van der Waals surface area contributed by atoms with Crippen molar-refractivity contribution in [2.75, 3.05) is 0 Å². The molecule has 101 valence electrons. The van der Waals surface area contributed by atoms with E-state index in [1.807, 2.05) is 72.8 Å². The molecule has 21 heavy (non-hydrogen) atoms. The molecule has 2 nitrogen and oxygen atoms in total. The molecule has 0 aromatic heterocycles. The molecule has 1 radical (unpaired) electrons. The normalized spacial score (nSPS) is 15.8. The van der Waals surface area contributed by atoms with Crippen molar-refractivity contribution in [2.24, 2.45) is 0 Å². The molecule has 0 fully saturated rings. The lowest BCUT2D eigenvalue weighted by Gasteiger charge is -2.25. The summed E-state index contributed by atoms with van der Waals surface area (Å²) in [5, 5.41) is 12.9. The van der Waals surface area contributed by atoms with Crippen LogP contribution in [0.5, 0.6) is 11.5 Å². The van der Waals surface area contributed by atoms with Gasteiger partial charge < -0.3 is 4.74 Å². The van der Waals surface area contributed by atoms with Crippen LogP contribution in [0.15, 0.2) is 72.8 Å². The summed E-state index contributed by atoms with van der Waals surface area (Å²) in [7, 11) is 0. The Balaban J connectivity index is 1.93. The predicted molar refractivity (Wildman–Crippen MR) is 80.9 cm³/mol. The Morgan fingerprint density at radius 1 is 0.714 bits per heavy atom. The second-order valence-electron chi connectivity index (χ2n) is 5.10. The van der Waals surface area contributed by atoms with Crippen LogP contribution in [0, 0.1) is 0 Å². The molecule has 3 aromatic carbocycles. The highest BCUT2D eigenvalue weighted by Crippen LogP contribution is 2.46. The average molecular weight is 273 g/mol. The van der Waals surface area contributed by atoms with Gasteiger partial charge in [0.05, 0.1) is 0 Å². The highest BCUT2D eigenvalue weighted by Gasteiger charge is 2.29. The number of ether oxygens (including phenoxy) is 1. The highest BCUT2D eigenvalue weighted by atomic mass is 16.5. The van der Waals surface area contributed by atoms with Crippen LogP contribution in [0.4, 0.5) is 0 Å². The topological polar surface area (TPSA) is 29.1 Å². The third kappa shape index (κ3) is 1.92. The molecule has 0 bridgehead atoms. The molecule has 2 heteroatoms. The second kappa shape index (κ2) is 4.76. The van der Waals surface area contributed by atoms with Gasteiger partial charge in [0, 0.05) is 11.1 Å². The predicted octanol–water partition coefficient (Wildman–Crippen LogP) is 4.98. The Labute approximate surface area is 123 Å². The van der Waals surface area contributed by atoms with E-state index in [9.17, 15) is 5.11 Å². The number of benzene rings is 3. The van der Waals surface area contributed by atoms with Crippen molar-refractivity contribution in [1.82, 2.24) is 0 Å². The largest absolute Gasteiger partial charge is 0.457 e. The van der Waals surface area contributed by atoms with Crippen LogP contribution in [-0.2, 0) is 5.11 Å². The first kappa shape index (κ1) is 12.2. The molecule has 0 amide bonds. The van der Waals surface area contributed by atoms with Crippen molar-refractivity contribution in [3.8, 4) is 22.6 Å². The minimum absolute atomic E-state index is 0.662. The zero-order chi connectivity index (χ0) is 14.2. The fourth-order valence-corrected chi connectivity index (χ4v) is 2.84. The van der Waals surface area contributed by atoms with Gasteiger partial charge in [-0.1, -0.05) is 60.7 Å². The Bertz CT molecular complexity index is 794. The quantitative estimate of drug-likeness (QED) is 0.614. The van der Waals surface area contributed by atoms with Crippen molar-refractivity contribution in [1.29, 1.82) is 0 Å². The van der Waals surface area contributed by atoms with E-state index >= 15 is 0 Å². The number of para-hydroxylation sites is 1. The Hall–Kier alpha value is -2.58. The average Bonchev–Trinajstić information content (AvgIpc) is 2.55. The van der Waals surface area contributed by atoms with Crippen LogP contribution in [-0.4, -0.2) is 0 Å². The molecule has 1 heterocycles. The molecule has 0 saturated heterocycles. The summed E-state index contributed by atoms with van der Waals surface area (Å²) in [6, 6.07) is 23.2. The molecule has 3 aromatic rings. The van der Waals surface area contributed by atoms with E-state index in [4.69, 9.17) is 4.74 Å². The molecular weight excluding hydrogens is 260 g/mol. The molecule has 1 atom stereocenters. The summed E-state index contributed by atoms with van der Waals surface area (Å²) in [5.41, 5.74) is 3.41. The molecule has 4 rings (SSSR count). The van der Waals surface area contributed by atoms with Gasteiger partial charge in [-0.2, -0.15) is 0 Å². The monoisotopic (exact) mass is 273 g/mol. The smallest absolute Gasteiger partial charge is 0.151 e. The zero-order valence-electron chi connectivity index (χ0n) is 11.3. The van der Waals surface area contributed by atoms with Gasteiger partial charge in [0.25, 0.3) is 0 Å². The molecule has 0 N–H and O–H groups in total. The van der Waals surface area contributed by atoms with Gasteiger partial charge in [0.15, 0.2) is 6.10 Å². The summed E-state index contributed by atoms with van der Waals surface area (Å²) in [6.07, 6.45) is -0.915. The van der Waals surface area contributed by atoms with Crippen LogP contribution >= 0.6 is 0 Å². The maximum Gasteiger partial charge on any atom is 0.151 e. The van der Waals surface area contributed by atoms with E-state index in [-0.39, 0.29) is 0 Å². The van der Waals surface area contributed by atoms with Crippen LogP contribution in [0.1, 0.15) is 17.2 Å². The van der Waals surface area contributed by atoms with Crippen molar-refractivity contribution in [3.05, 3.63) is 83.9 Å². The highest BCUT2D eigenvalue weighted by molar-refractivity contribution is 5.73.